The summed E-state index contributed by atoms with van der Waals surface area (Å²) in [6.45, 7) is 2.11. The number of morpholine rings is 1. The Labute approximate surface area is 163 Å². The lowest BCUT2D eigenvalue weighted by Gasteiger charge is -2.29. The number of ether oxygens (including phenoxy) is 1. The van der Waals surface area contributed by atoms with E-state index in [4.69, 9.17) is 10.3 Å². The van der Waals surface area contributed by atoms with E-state index in [-0.39, 0.29) is 19.1 Å². The van der Waals surface area contributed by atoms with E-state index < -0.39 is 6.10 Å². The fourth-order valence-electron chi connectivity index (χ4n) is 3.14. The second-order valence-corrected chi connectivity index (χ2v) is 6.55. The third-order valence-corrected chi connectivity index (χ3v) is 4.52. The normalized spacial score (nSPS) is 15.0. The number of anilines is 2. The predicted molar refractivity (Wildman–Crippen MR) is 107 cm³/mol. The standard InChI is InChI=1S/C20H23N5O3/c21-23-22-12-19(26)14-24(13-16-4-2-1-3-5-16)17-6-8-18(9-7-17)25-10-11-28-15-20(25)27/h1-9,19,26H,10-15H2/t19-/m0/s1. The highest BCUT2D eigenvalue weighted by molar-refractivity contribution is 5.95. The highest BCUT2D eigenvalue weighted by Gasteiger charge is 2.20. The molecular weight excluding hydrogens is 358 g/mol. The Morgan fingerprint density at radius 2 is 1.96 bits per heavy atom. The van der Waals surface area contributed by atoms with Crippen LogP contribution in [0.15, 0.2) is 59.7 Å². The molecule has 1 saturated heterocycles. The van der Waals surface area contributed by atoms with Crippen LogP contribution in [0.2, 0.25) is 0 Å². The molecule has 0 aliphatic carbocycles. The summed E-state index contributed by atoms with van der Waals surface area (Å²) in [5.74, 6) is -0.0510. The number of hydrogen-bond acceptors (Lipinski definition) is 5. The van der Waals surface area contributed by atoms with Crippen molar-refractivity contribution >= 4 is 17.3 Å². The summed E-state index contributed by atoms with van der Waals surface area (Å²) < 4.78 is 5.18. The molecule has 0 bridgehead atoms. The molecule has 28 heavy (non-hydrogen) atoms. The van der Waals surface area contributed by atoms with Crippen LogP contribution < -0.4 is 9.80 Å². The van der Waals surface area contributed by atoms with Crippen molar-refractivity contribution in [3.63, 3.8) is 0 Å². The topological polar surface area (TPSA) is 102 Å². The van der Waals surface area contributed by atoms with Gasteiger partial charge in [0.05, 0.1) is 19.3 Å². The Bertz CT molecular complexity index is 821. The lowest BCUT2D eigenvalue weighted by atomic mass is 10.1. The molecule has 1 fully saturated rings. The van der Waals surface area contributed by atoms with Crippen molar-refractivity contribution in [1.82, 2.24) is 0 Å². The van der Waals surface area contributed by atoms with Crippen LogP contribution in [0.1, 0.15) is 5.56 Å². The highest BCUT2D eigenvalue weighted by atomic mass is 16.5. The number of azide groups is 1. The highest BCUT2D eigenvalue weighted by Crippen LogP contribution is 2.24. The van der Waals surface area contributed by atoms with Crippen molar-refractivity contribution in [1.29, 1.82) is 0 Å². The van der Waals surface area contributed by atoms with Crippen molar-refractivity contribution < 1.29 is 14.6 Å². The number of aliphatic hydroxyl groups is 1. The number of carbonyl (C=O) groups excluding carboxylic acids is 1. The van der Waals surface area contributed by atoms with Gasteiger partial charge in [-0.2, -0.15) is 0 Å². The molecule has 146 valence electrons. The van der Waals surface area contributed by atoms with E-state index in [1.807, 2.05) is 59.5 Å². The average molecular weight is 381 g/mol. The van der Waals surface area contributed by atoms with Crippen LogP contribution in [0, 0.1) is 0 Å². The molecule has 2 aromatic rings. The molecule has 0 spiro atoms. The van der Waals surface area contributed by atoms with E-state index in [2.05, 4.69) is 10.0 Å². The molecule has 0 aromatic heterocycles. The van der Waals surface area contributed by atoms with E-state index in [9.17, 15) is 9.90 Å². The van der Waals surface area contributed by atoms with Crippen molar-refractivity contribution in [3.05, 3.63) is 70.6 Å². The Morgan fingerprint density at radius 1 is 1.21 bits per heavy atom. The number of rotatable bonds is 8. The zero-order valence-electron chi connectivity index (χ0n) is 15.5. The maximum Gasteiger partial charge on any atom is 0.253 e. The summed E-state index contributed by atoms with van der Waals surface area (Å²) in [6, 6.07) is 17.6. The largest absolute Gasteiger partial charge is 0.391 e. The van der Waals surface area contributed by atoms with Gasteiger partial charge >= 0.3 is 0 Å². The van der Waals surface area contributed by atoms with Crippen molar-refractivity contribution in [2.24, 2.45) is 5.11 Å². The summed E-state index contributed by atoms with van der Waals surface area (Å²) >= 11 is 0. The lowest BCUT2D eigenvalue weighted by Crippen LogP contribution is -2.41. The minimum Gasteiger partial charge on any atom is -0.391 e. The predicted octanol–water partition coefficient (Wildman–Crippen LogP) is 2.73. The molecule has 8 nitrogen and oxygen atoms in total. The maximum absolute atomic E-state index is 12.0. The van der Waals surface area contributed by atoms with Crippen LogP contribution in [-0.2, 0) is 16.1 Å². The Hall–Kier alpha value is -3.06. The zero-order chi connectivity index (χ0) is 19.8. The lowest BCUT2D eigenvalue weighted by molar-refractivity contribution is -0.125. The molecular formula is C20H23N5O3. The van der Waals surface area contributed by atoms with Gasteiger partial charge in [-0.1, -0.05) is 35.4 Å². The van der Waals surface area contributed by atoms with Gasteiger partial charge < -0.3 is 19.6 Å². The van der Waals surface area contributed by atoms with E-state index in [0.29, 0.717) is 26.2 Å². The van der Waals surface area contributed by atoms with Crippen LogP contribution >= 0.6 is 0 Å². The van der Waals surface area contributed by atoms with Gasteiger partial charge in [0, 0.05) is 35.9 Å². The molecule has 1 atom stereocenters. The van der Waals surface area contributed by atoms with E-state index in [1.165, 1.54) is 0 Å². The van der Waals surface area contributed by atoms with Gasteiger partial charge in [-0.25, -0.2) is 0 Å². The van der Waals surface area contributed by atoms with Gasteiger partial charge in [0.2, 0.25) is 0 Å². The first-order valence-electron chi connectivity index (χ1n) is 9.13. The number of aliphatic hydroxyl groups excluding tert-OH is 1. The molecule has 2 aromatic carbocycles. The molecule has 1 N–H and O–H groups in total. The second kappa shape index (κ2) is 9.75. The van der Waals surface area contributed by atoms with Gasteiger partial charge in [-0.15, -0.1) is 0 Å². The first-order valence-corrected chi connectivity index (χ1v) is 9.13. The molecule has 0 saturated carbocycles. The summed E-state index contributed by atoms with van der Waals surface area (Å²) in [5.41, 5.74) is 11.3. The van der Waals surface area contributed by atoms with E-state index >= 15 is 0 Å². The summed E-state index contributed by atoms with van der Waals surface area (Å²) in [4.78, 5) is 18.5. The molecule has 3 rings (SSSR count). The number of benzene rings is 2. The number of amides is 1. The summed E-state index contributed by atoms with van der Waals surface area (Å²) in [6.07, 6.45) is -0.778. The number of nitrogens with zero attached hydrogens (tertiary/aromatic N) is 5. The van der Waals surface area contributed by atoms with Crippen LogP contribution in [-0.4, -0.2) is 50.0 Å². The van der Waals surface area contributed by atoms with Crippen molar-refractivity contribution in [3.8, 4) is 0 Å². The molecule has 0 radical (unpaired) electrons. The SMILES string of the molecule is [N-]=[N+]=NC[C@H](O)CN(Cc1ccccc1)c1ccc(N2CCOCC2=O)cc1. The molecule has 1 amide bonds. The Kier molecular flexibility index (Phi) is 6.86. The van der Waals surface area contributed by atoms with Crippen LogP contribution in [0.3, 0.4) is 0 Å². The van der Waals surface area contributed by atoms with Gasteiger partial charge in [0.15, 0.2) is 0 Å². The van der Waals surface area contributed by atoms with E-state index in [1.54, 1.807) is 4.90 Å². The van der Waals surface area contributed by atoms with E-state index in [0.717, 1.165) is 16.9 Å². The third-order valence-electron chi connectivity index (χ3n) is 4.52. The first-order chi connectivity index (χ1) is 13.7. The monoisotopic (exact) mass is 381 g/mol. The van der Waals surface area contributed by atoms with Crippen LogP contribution in [0.5, 0.6) is 0 Å². The fraction of sp³-hybridized carbons (Fsp3) is 0.350. The molecule has 1 aliphatic heterocycles. The quantitative estimate of drug-likeness (QED) is 0.431. The third kappa shape index (κ3) is 5.23. The molecule has 1 heterocycles. The van der Waals surface area contributed by atoms with Gasteiger partial charge in [0.1, 0.15) is 6.61 Å². The average Bonchev–Trinajstić information content (AvgIpc) is 2.73. The van der Waals surface area contributed by atoms with Gasteiger partial charge in [-0.05, 0) is 35.4 Å². The molecule has 0 unspecified atom stereocenters. The number of carbonyl (C=O) groups is 1. The minimum absolute atomic E-state index is 0.0160. The molecule has 8 heteroatoms. The second-order valence-electron chi connectivity index (χ2n) is 6.55. The Morgan fingerprint density at radius 3 is 2.64 bits per heavy atom. The summed E-state index contributed by atoms with van der Waals surface area (Å²) in [7, 11) is 0. The smallest absolute Gasteiger partial charge is 0.253 e. The maximum atomic E-state index is 12.0. The first kappa shape index (κ1) is 19.7. The van der Waals surface area contributed by atoms with Gasteiger partial charge in [-0.3, -0.25) is 4.79 Å². The molecule has 1 aliphatic rings. The number of hydrogen-bond donors (Lipinski definition) is 1. The van der Waals surface area contributed by atoms with Crippen molar-refractivity contribution in [2.45, 2.75) is 12.6 Å². The van der Waals surface area contributed by atoms with Crippen molar-refractivity contribution in [2.75, 3.05) is 42.6 Å². The van der Waals surface area contributed by atoms with Gasteiger partial charge in [0.25, 0.3) is 5.91 Å². The summed E-state index contributed by atoms with van der Waals surface area (Å²) in [5, 5.41) is 13.7. The minimum atomic E-state index is -0.778. The van der Waals surface area contributed by atoms with Crippen LogP contribution in [0.4, 0.5) is 11.4 Å². The van der Waals surface area contributed by atoms with Crippen LogP contribution in [0.25, 0.3) is 10.4 Å². The fourth-order valence-corrected chi connectivity index (χ4v) is 3.14. The Balaban J connectivity index is 1.78. The zero-order valence-corrected chi connectivity index (χ0v) is 15.5.